The van der Waals surface area contributed by atoms with Crippen LogP contribution in [0.4, 0.5) is 5.82 Å². The summed E-state index contributed by atoms with van der Waals surface area (Å²) in [6, 6.07) is 15.6. The first kappa shape index (κ1) is 27.8. The molecule has 0 spiro atoms. The molecule has 5 aliphatic rings. The molecule has 0 aliphatic carbocycles. The number of rotatable bonds is 2. The third-order valence-electron chi connectivity index (χ3n) is 7.14. The Morgan fingerprint density at radius 3 is 2.61 bits per heavy atom. The Morgan fingerprint density at radius 2 is 1.85 bits per heavy atom. The summed E-state index contributed by atoms with van der Waals surface area (Å²) in [6.45, 7) is 0.812. The van der Waals surface area contributed by atoms with Gasteiger partial charge in [-0.3, -0.25) is 14.4 Å². The first-order chi connectivity index (χ1) is 19.9. The van der Waals surface area contributed by atoms with Gasteiger partial charge in [-0.1, -0.05) is 18.2 Å². The minimum atomic E-state index is -0.501. The summed E-state index contributed by atoms with van der Waals surface area (Å²) in [5, 5.41) is 5.96. The number of benzene rings is 2. The van der Waals surface area contributed by atoms with E-state index in [1.165, 1.54) is 13.3 Å². The molecule has 3 aromatic rings. The molecule has 0 saturated carbocycles. The molecule has 8 rings (SSSR count). The summed E-state index contributed by atoms with van der Waals surface area (Å²) >= 11 is 0. The monoisotopic (exact) mass is 559 g/mol. The summed E-state index contributed by atoms with van der Waals surface area (Å²) < 4.78 is 17.6. The number of carbonyl (C=O) groups excluding carboxylic acids is 3. The molecule has 2 aromatic carbocycles. The normalized spacial score (nSPS) is 19.7. The lowest BCUT2D eigenvalue weighted by molar-refractivity contribution is -0.125. The summed E-state index contributed by atoms with van der Waals surface area (Å²) in [5.41, 5.74) is 7.94. The first-order valence-corrected chi connectivity index (χ1v) is 13.5. The molecule has 5 aliphatic heterocycles. The Hall–Kier alpha value is -4.80. The van der Waals surface area contributed by atoms with Crippen LogP contribution in [-0.4, -0.2) is 66.6 Å². The minimum Gasteiger partial charge on any atom is -0.493 e. The maximum Gasteiger partial charge on any atom is 0.258 e. The third kappa shape index (κ3) is 7.05. The zero-order valence-electron chi connectivity index (χ0n) is 22.8. The van der Waals surface area contributed by atoms with Crippen molar-refractivity contribution in [2.24, 2.45) is 0 Å². The van der Waals surface area contributed by atoms with Crippen LogP contribution in [0.2, 0.25) is 0 Å². The van der Waals surface area contributed by atoms with Crippen LogP contribution in [0.15, 0.2) is 60.8 Å². The van der Waals surface area contributed by atoms with Gasteiger partial charge in [0.1, 0.15) is 17.7 Å². The van der Waals surface area contributed by atoms with Gasteiger partial charge in [-0.15, -0.1) is 0 Å². The number of amides is 3. The highest BCUT2D eigenvalue weighted by Gasteiger charge is 2.34. The Labute approximate surface area is 238 Å². The second-order valence-corrected chi connectivity index (χ2v) is 10.0. The molecule has 4 bridgehead atoms. The largest absolute Gasteiger partial charge is 0.493 e. The van der Waals surface area contributed by atoms with Crippen molar-refractivity contribution >= 4 is 23.5 Å². The molecule has 41 heavy (non-hydrogen) atoms. The zero-order chi connectivity index (χ0) is 28.8. The third-order valence-corrected chi connectivity index (χ3v) is 7.14. The van der Waals surface area contributed by atoms with Gasteiger partial charge in [0.15, 0.2) is 18.1 Å². The van der Waals surface area contributed by atoms with Crippen molar-refractivity contribution in [1.82, 2.24) is 20.5 Å². The van der Waals surface area contributed by atoms with E-state index < -0.39 is 12.1 Å². The van der Waals surface area contributed by atoms with Gasteiger partial charge in [0.2, 0.25) is 5.91 Å². The number of ether oxygens (including phenoxy) is 3. The molecular weight excluding hydrogens is 526 g/mol. The number of nitrogens with two attached hydrogens (primary N) is 1. The molecule has 214 valence electrons. The van der Waals surface area contributed by atoms with Crippen molar-refractivity contribution in [2.45, 2.75) is 38.0 Å². The summed E-state index contributed by atoms with van der Waals surface area (Å²) in [7, 11) is 1.52. The van der Waals surface area contributed by atoms with Crippen molar-refractivity contribution in [3.8, 4) is 17.2 Å². The molecule has 1 saturated heterocycles. The van der Waals surface area contributed by atoms with Gasteiger partial charge < -0.3 is 35.5 Å². The average molecular weight is 560 g/mol. The molecule has 6 heterocycles. The molecule has 2 atom stereocenters. The number of nitrogens with one attached hydrogen (secondary N) is 2. The first-order valence-electron chi connectivity index (χ1n) is 13.5. The van der Waals surface area contributed by atoms with Crippen molar-refractivity contribution < 1.29 is 28.6 Å². The molecule has 11 heteroatoms. The lowest BCUT2D eigenvalue weighted by Gasteiger charge is -2.38. The van der Waals surface area contributed by atoms with Crippen molar-refractivity contribution in [3.63, 3.8) is 0 Å². The number of hydrogen-bond donors (Lipinski definition) is 3. The highest BCUT2D eigenvalue weighted by Crippen LogP contribution is 2.29. The molecule has 1 fully saturated rings. The fourth-order valence-electron chi connectivity index (χ4n) is 4.90. The Bertz CT molecular complexity index is 1400. The van der Waals surface area contributed by atoms with Crippen LogP contribution in [0.5, 0.6) is 17.2 Å². The number of piperidine rings is 1. The molecule has 3 amide bonds. The zero-order valence-corrected chi connectivity index (χ0v) is 22.8. The van der Waals surface area contributed by atoms with Crippen molar-refractivity contribution in [2.75, 3.05) is 32.5 Å². The molecule has 0 radical (unpaired) electrons. The van der Waals surface area contributed by atoms with E-state index in [9.17, 15) is 14.4 Å². The summed E-state index contributed by atoms with van der Waals surface area (Å²) in [4.78, 5) is 44.4. The Balaban J connectivity index is 1.37. The molecular formula is C30H33N5O6. The van der Waals surface area contributed by atoms with Crippen LogP contribution in [0.3, 0.4) is 0 Å². The Kier molecular flexibility index (Phi) is 8.52. The molecule has 4 N–H and O–H groups in total. The van der Waals surface area contributed by atoms with Crippen LogP contribution in [0, 0.1) is 0 Å². The van der Waals surface area contributed by atoms with Gasteiger partial charge in [-0.25, -0.2) is 4.98 Å². The van der Waals surface area contributed by atoms with E-state index >= 15 is 0 Å². The van der Waals surface area contributed by atoms with Crippen LogP contribution in [0.25, 0.3) is 0 Å². The number of hydrogen-bond acceptors (Lipinski definition) is 8. The van der Waals surface area contributed by atoms with Gasteiger partial charge in [0, 0.05) is 38.7 Å². The van der Waals surface area contributed by atoms with E-state index in [0.29, 0.717) is 61.0 Å². The van der Waals surface area contributed by atoms with Crippen LogP contribution in [0.1, 0.15) is 34.3 Å². The standard InChI is InChI=1S/C30H33N5O6/c1-39-26-14-19-4-9-25(26)40-18-29(37)34-23-17-35(30(38)21-6-10-27(31)32-16-21)13-12-24(23)41-22-7-2-20(3-8-22)15-33-28(36)11-5-19/h2-4,6-10,14,16,23-24H,5,11-13,15,17-18H2,1H3,(H2,31,32)(H,33,36)(H,34,37)/t23-,24-/m1/s1. The van der Waals surface area contributed by atoms with Crippen LogP contribution < -0.4 is 30.6 Å². The number of carbonyl (C=O) groups is 3. The van der Waals surface area contributed by atoms with Gasteiger partial charge in [0.25, 0.3) is 11.8 Å². The van der Waals surface area contributed by atoms with E-state index in [-0.39, 0.29) is 30.9 Å². The summed E-state index contributed by atoms with van der Waals surface area (Å²) in [5.74, 6) is 1.21. The average Bonchev–Trinajstić information content (AvgIpc) is 2.99. The predicted molar refractivity (Wildman–Crippen MR) is 151 cm³/mol. The highest BCUT2D eigenvalue weighted by molar-refractivity contribution is 5.94. The maximum atomic E-state index is 13.2. The number of nitrogen functional groups attached to an aromatic ring is 1. The molecule has 0 unspecified atom stereocenters. The quantitative estimate of drug-likeness (QED) is 0.433. The van der Waals surface area contributed by atoms with Crippen molar-refractivity contribution in [1.29, 1.82) is 0 Å². The van der Waals surface area contributed by atoms with Gasteiger partial charge in [-0.2, -0.15) is 0 Å². The van der Waals surface area contributed by atoms with Gasteiger partial charge in [-0.05, 0) is 53.9 Å². The van der Waals surface area contributed by atoms with E-state index in [0.717, 1.165) is 11.1 Å². The second kappa shape index (κ2) is 12.6. The van der Waals surface area contributed by atoms with E-state index in [1.807, 2.05) is 30.3 Å². The fraction of sp³-hybridized carbons (Fsp3) is 0.333. The smallest absolute Gasteiger partial charge is 0.258 e. The highest BCUT2D eigenvalue weighted by atomic mass is 16.5. The van der Waals surface area contributed by atoms with Gasteiger partial charge >= 0.3 is 0 Å². The van der Waals surface area contributed by atoms with E-state index in [1.54, 1.807) is 29.2 Å². The van der Waals surface area contributed by atoms with E-state index in [4.69, 9.17) is 19.9 Å². The SMILES string of the molecule is COc1cc2ccc1OCC(=O)N[C@@H]1CN(C(=O)c3ccc(N)nc3)CC[C@H]1Oc1ccc(cc1)CNC(=O)CC2. The fourth-order valence-corrected chi connectivity index (χ4v) is 4.90. The number of nitrogens with zero attached hydrogens (tertiary/aromatic N) is 2. The number of anilines is 1. The van der Waals surface area contributed by atoms with E-state index in [2.05, 4.69) is 15.6 Å². The van der Waals surface area contributed by atoms with Crippen molar-refractivity contribution in [3.05, 3.63) is 77.5 Å². The molecule has 1 aromatic heterocycles. The number of pyridine rings is 1. The minimum absolute atomic E-state index is 0.0606. The molecule has 11 nitrogen and oxygen atoms in total. The summed E-state index contributed by atoms with van der Waals surface area (Å²) in [6.07, 6.45) is 2.40. The van der Waals surface area contributed by atoms with Crippen LogP contribution in [-0.2, 0) is 22.6 Å². The lowest BCUT2D eigenvalue weighted by Crippen LogP contribution is -2.58. The maximum absolute atomic E-state index is 13.2. The number of likely N-dealkylation sites (tertiary alicyclic amines) is 1. The second-order valence-electron chi connectivity index (χ2n) is 10.0. The van der Waals surface area contributed by atoms with Crippen LogP contribution >= 0.6 is 0 Å². The number of aromatic nitrogens is 1. The van der Waals surface area contributed by atoms with Gasteiger partial charge in [0.05, 0.1) is 18.7 Å². The number of methoxy groups -OCH3 is 1. The lowest BCUT2D eigenvalue weighted by atomic mass is 10.0. The number of aryl methyl sites for hydroxylation is 1. The predicted octanol–water partition coefficient (Wildman–Crippen LogP) is 2.09. The topological polar surface area (TPSA) is 145 Å². The Morgan fingerprint density at radius 1 is 1.05 bits per heavy atom.